The molecule has 2 aromatic carbocycles. The molecule has 3 aromatic heterocycles. The number of aromatic nitrogens is 4. The fraction of sp³-hybridized carbons (Fsp3) is 0.231. The summed E-state index contributed by atoms with van der Waals surface area (Å²) in [4.78, 5) is 23.6. The average molecular weight is 523 g/mol. The number of carbonyl (C=O) groups is 1. The minimum absolute atomic E-state index is 0.00124. The minimum Gasteiger partial charge on any atom is -0.355 e. The molecule has 1 saturated heterocycles. The topological polar surface area (TPSA) is 75.9 Å². The lowest BCUT2D eigenvalue weighted by Gasteiger charge is -2.17. The van der Waals surface area contributed by atoms with Crippen molar-refractivity contribution in [2.24, 2.45) is 5.92 Å². The Labute approximate surface area is 213 Å². The standard InChI is InChI=1S/C26H21F3N6OS/c27-26(28,29)19-2-4-20(5-3-19)35-14-21-23(33-35)31-15-32-24(21)34-9-7-18(13-34)25(36)30-12-16-1-6-22-17(11-16)8-10-37-22/h1-6,8,10-11,14-15,18H,7,9,12-13H2,(H,30,36)/t18-/m1/s1. The molecule has 0 saturated carbocycles. The van der Waals surface area contributed by atoms with E-state index in [0.29, 0.717) is 48.6 Å². The van der Waals surface area contributed by atoms with Crippen molar-refractivity contribution >= 4 is 44.2 Å². The highest BCUT2D eigenvalue weighted by Gasteiger charge is 2.31. The molecule has 7 nitrogen and oxygen atoms in total. The molecular formula is C26H21F3N6OS. The third-order valence-corrected chi connectivity index (χ3v) is 7.49. The summed E-state index contributed by atoms with van der Waals surface area (Å²) in [5.74, 6) is 0.472. The quantitative estimate of drug-likeness (QED) is 0.344. The molecule has 0 bridgehead atoms. The van der Waals surface area contributed by atoms with E-state index in [0.717, 1.165) is 17.7 Å². The fourth-order valence-corrected chi connectivity index (χ4v) is 5.41. The first-order chi connectivity index (χ1) is 17.8. The first kappa shape index (κ1) is 23.4. The van der Waals surface area contributed by atoms with Crippen molar-refractivity contribution in [2.45, 2.75) is 19.1 Å². The summed E-state index contributed by atoms with van der Waals surface area (Å²) < 4.78 is 41.4. The second-order valence-electron chi connectivity index (χ2n) is 9.00. The van der Waals surface area contributed by atoms with Gasteiger partial charge in [-0.3, -0.25) is 4.79 Å². The van der Waals surface area contributed by atoms with Gasteiger partial charge in [0.15, 0.2) is 5.65 Å². The number of rotatable bonds is 5. The minimum atomic E-state index is -4.40. The Morgan fingerprint density at radius 2 is 1.95 bits per heavy atom. The summed E-state index contributed by atoms with van der Waals surface area (Å²) in [5, 5.41) is 11.4. The van der Waals surface area contributed by atoms with Crippen LogP contribution >= 0.6 is 11.3 Å². The Balaban J connectivity index is 1.15. The normalized spacial score (nSPS) is 16.1. The van der Waals surface area contributed by atoms with Crippen LogP contribution in [0, 0.1) is 5.92 Å². The van der Waals surface area contributed by atoms with Gasteiger partial charge in [-0.25, -0.2) is 14.6 Å². The van der Waals surface area contributed by atoms with Crippen molar-refractivity contribution < 1.29 is 18.0 Å². The zero-order valence-corrected chi connectivity index (χ0v) is 20.3. The van der Waals surface area contributed by atoms with E-state index in [1.807, 2.05) is 11.0 Å². The van der Waals surface area contributed by atoms with Gasteiger partial charge in [-0.2, -0.15) is 13.2 Å². The van der Waals surface area contributed by atoms with Crippen LogP contribution in [0.3, 0.4) is 0 Å². The maximum absolute atomic E-state index is 12.9. The van der Waals surface area contributed by atoms with Gasteiger partial charge in [0, 0.05) is 30.5 Å². The number of halogens is 3. The Morgan fingerprint density at radius 1 is 1.11 bits per heavy atom. The number of anilines is 1. The van der Waals surface area contributed by atoms with Crippen LogP contribution in [0.2, 0.25) is 0 Å². The second kappa shape index (κ2) is 9.15. The first-order valence-electron chi connectivity index (χ1n) is 11.7. The van der Waals surface area contributed by atoms with Gasteiger partial charge < -0.3 is 10.2 Å². The van der Waals surface area contributed by atoms with Crippen molar-refractivity contribution in [3.63, 3.8) is 0 Å². The van der Waals surface area contributed by atoms with E-state index in [4.69, 9.17) is 0 Å². The van der Waals surface area contributed by atoms with Gasteiger partial charge in [-0.15, -0.1) is 16.4 Å². The zero-order valence-electron chi connectivity index (χ0n) is 19.4. The summed E-state index contributed by atoms with van der Waals surface area (Å²) in [6, 6.07) is 13.1. The molecule has 1 fully saturated rings. The molecule has 1 N–H and O–H groups in total. The number of alkyl halides is 3. The number of nitrogens with zero attached hydrogens (tertiary/aromatic N) is 5. The van der Waals surface area contributed by atoms with E-state index in [1.54, 1.807) is 17.5 Å². The molecule has 4 heterocycles. The van der Waals surface area contributed by atoms with E-state index >= 15 is 0 Å². The molecule has 0 radical (unpaired) electrons. The Morgan fingerprint density at radius 3 is 2.76 bits per heavy atom. The van der Waals surface area contributed by atoms with Gasteiger partial charge in [0.25, 0.3) is 0 Å². The van der Waals surface area contributed by atoms with Gasteiger partial charge >= 0.3 is 6.18 Å². The molecule has 6 rings (SSSR count). The van der Waals surface area contributed by atoms with Gasteiger partial charge in [0.05, 0.1) is 22.6 Å². The SMILES string of the molecule is O=C(NCc1ccc2sccc2c1)[C@@H]1CCN(c2ncnc3nn(-c4ccc(C(F)(F)F)cc4)cc23)C1. The first-order valence-corrected chi connectivity index (χ1v) is 12.6. The molecule has 1 atom stereocenters. The van der Waals surface area contributed by atoms with E-state index in [-0.39, 0.29) is 11.8 Å². The third-order valence-electron chi connectivity index (χ3n) is 6.60. The van der Waals surface area contributed by atoms with Gasteiger partial charge in [-0.1, -0.05) is 6.07 Å². The Bertz CT molecular complexity index is 1590. The maximum atomic E-state index is 12.9. The Kier molecular flexibility index (Phi) is 5.79. The number of hydrogen-bond donors (Lipinski definition) is 1. The van der Waals surface area contributed by atoms with Crippen LogP contribution in [0.5, 0.6) is 0 Å². The molecule has 0 spiro atoms. The van der Waals surface area contributed by atoms with Crippen molar-refractivity contribution in [3.05, 3.63) is 77.6 Å². The van der Waals surface area contributed by atoms with Crippen molar-refractivity contribution in [1.29, 1.82) is 0 Å². The van der Waals surface area contributed by atoms with Crippen LogP contribution < -0.4 is 10.2 Å². The molecule has 1 aliphatic heterocycles. The highest BCUT2D eigenvalue weighted by molar-refractivity contribution is 7.17. The van der Waals surface area contributed by atoms with Crippen LogP contribution in [0.1, 0.15) is 17.5 Å². The number of benzene rings is 2. The van der Waals surface area contributed by atoms with Crippen LogP contribution in [-0.2, 0) is 17.5 Å². The van der Waals surface area contributed by atoms with Crippen molar-refractivity contribution in [3.8, 4) is 5.69 Å². The molecule has 1 aliphatic rings. The molecular weight excluding hydrogens is 501 g/mol. The van der Waals surface area contributed by atoms with Gasteiger partial charge in [0.1, 0.15) is 12.1 Å². The summed E-state index contributed by atoms with van der Waals surface area (Å²) in [5.41, 5.74) is 1.25. The smallest absolute Gasteiger partial charge is 0.355 e. The lowest BCUT2D eigenvalue weighted by atomic mass is 10.1. The summed E-state index contributed by atoms with van der Waals surface area (Å²) in [7, 11) is 0. The number of carbonyl (C=O) groups excluding carboxylic acids is 1. The number of hydrogen-bond acceptors (Lipinski definition) is 6. The fourth-order valence-electron chi connectivity index (χ4n) is 4.64. The number of fused-ring (bicyclic) bond motifs is 2. The van der Waals surface area contributed by atoms with E-state index in [1.165, 1.54) is 33.2 Å². The monoisotopic (exact) mass is 522 g/mol. The van der Waals surface area contributed by atoms with E-state index in [9.17, 15) is 18.0 Å². The molecule has 37 heavy (non-hydrogen) atoms. The highest BCUT2D eigenvalue weighted by Crippen LogP contribution is 2.31. The second-order valence-corrected chi connectivity index (χ2v) is 9.94. The van der Waals surface area contributed by atoms with Crippen LogP contribution in [0.25, 0.3) is 26.8 Å². The largest absolute Gasteiger partial charge is 0.416 e. The van der Waals surface area contributed by atoms with Gasteiger partial charge in [-0.05, 0) is 65.2 Å². The highest BCUT2D eigenvalue weighted by atomic mass is 32.1. The molecule has 0 aliphatic carbocycles. The molecule has 188 valence electrons. The average Bonchev–Trinajstić information content (AvgIpc) is 3.65. The van der Waals surface area contributed by atoms with E-state index < -0.39 is 11.7 Å². The number of amides is 1. The summed E-state index contributed by atoms with van der Waals surface area (Å²) >= 11 is 1.69. The maximum Gasteiger partial charge on any atom is 0.416 e. The Hall–Kier alpha value is -3.99. The molecule has 0 unspecified atom stereocenters. The van der Waals surface area contributed by atoms with Crippen LogP contribution in [0.15, 0.2) is 66.4 Å². The van der Waals surface area contributed by atoms with Crippen LogP contribution in [0.4, 0.5) is 19.0 Å². The van der Waals surface area contributed by atoms with Crippen molar-refractivity contribution in [1.82, 2.24) is 25.1 Å². The molecule has 5 aromatic rings. The predicted octanol–water partition coefficient (Wildman–Crippen LogP) is 5.19. The van der Waals surface area contributed by atoms with E-state index in [2.05, 4.69) is 44.0 Å². The summed E-state index contributed by atoms with van der Waals surface area (Å²) in [6.07, 6.45) is -0.590. The van der Waals surface area contributed by atoms with Crippen LogP contribution in [-0.4, -0.2) is 38.7 Å². The zero-order chi connectivity index (χ0) is 25.6. The predicted molar refractivity (Wildman–Crippen MR) is 136 cm³/mol. The lowest BCUT2D eigenvalue weighted by Crippen LogP contribution is -2.32. The molecule has 1 amide bonds. The van der Waals surface area contributed by atoms with Crippen molar-refractivity contribution in [2.75, 3.05) is 18.0 Å². The number of nitrogens with one attached hydrogen (secondary N) is 1. The third kappa shape index (κ3) is 4.62. The summed E-state index contributed by atoms with van der Waals surface area (Å²) in [6.45, 7) is 1.63. The number of thiophene rings is 1. The van der Waals surface area contributed by atoms with Gasteiger partial charge in [0.2, 0.25) is 5.91 Å². The molecule has 11 heteroatoms. The lowest BCUT2D eigenvalue weighted by molar-refractivity contribution is -0.137.